The summed E-state index contributed by atoms with van der Waals surface area (Å²) in [5.41, 5.74) is 6.04. The SMILES string of the molecule is CCn1c(N2CCC[C@H](N)C2)c(C#N)c2c1c(=O)n(CC(=O)c1cccc(OC)c1)c(=O)n2C. The number of benzene rings is 1. The van der Waals surface area contributed by atoms with Crippen LogP contribution in [0, 0.1) is 11.3 Å². The van der Waals surface area contributed by atoms with Gasteiger partial charge in [-0.05, 0) is 31.9 Å². The first-order chi connectivity index (χ1) is 16.3. The molecule has 0 spiro atoms. The number of methoxy groups -OCH3 is 1. The summed E-state index contributed by atoms with van der Waals surface area (Å²) in [7, 11) is 3.01. The minimum atomic E-state index is -0.652. The third-order valence-corrected chi connectivity index (χ3v) is 6.39. The molecule has 3 aromatic rings. The van der Waals surface area contributed by atoms with Gasteiger partial charge < -0.3 is 19.9 Å². The summed E-state index contributed by atoms with van der Waals surface area (Å²) in [6.45, 7) is 3.13. The van der Waals surface area contributed by atoms with E-state index >= 15 is 0 Å². The Bertz CT molecular complexity index is 1420. The quantitative estimate of drug-likeness (QED) is 0.543. The van der Waals surface area contributed by atoms with Crippen LogP contribution in [0.3, 0.4) is 0 Å². The van der Waals surface area contributed by atoms with Crippen molar-refractivity contribution in [2.24, 2.45) is 12.8 Å². The predicted octanol–water partition coefficient (Wildman–Crippen LogP) is 1.21. The average molecular weight is 465 g/mol. The number of hydrogen-bond donors (Lipinski definition) is 1. The highest BCUT2D eigenvalue weighted by Gasteiger charge is 2.29. The maximum absolute atomic E-state index is 13.6. The topological polar surface area (TPSA) is 128 Å². The second kappa shape index (κ2) is 9.19. The fourth-order valence-corrected chi connectivity index (χ4v) is 4.74. The molecule has 2 N–H and O–H groups in total. The minimum absolute atomic E-state index is 0.0374. The summed E-state index contributed by atoms with van der Waals surface area (Å²) in [6.07, 6.45) is 1.76. The van der Waals surface area contributed by atoms with E-state index in [0.717, 1.165) is 17.4 Å². The van der Waals surface area contributed by atoms with Crippen molar-refractivity contribution in [3.8, 4) is 11.8 Å². The van der Waals surface area contributed by atoms with Gasteiger partial charge in [0.15, 0.2) is 5.78 Å². The van der Waals surface area contributed by atoms with Gasteiger partial charge in [0.25, 0.3) is 5.56 Å². The van der Waals surface area contributed by atoms with Gasteiger partial charge in [0, 0.05) is 38.3 Å². The van der Waals surface area contributed by atoms with Crippen LogP contribution in [0.2, 0.25) is 0 Å². The molecule has 1 atom stereocenters. The van der Waals surface area contributed by atoms with Crippen molar-refractivity contribution in [3.63, 3.8) is 0 Å². The van der Waals surface area contributed by atoms with E-state index in [1.165, 1.54) is 18.7 Å². The fraction of sp³-hybridized carbons (Fsp3) is 0.417. The average Bonchev–Trinajstić information content (AvgIpc) is 3.19. The number of nitrogens with zero attached hydrogens (tertiary/aromatic N) is 5. The number of nitrogens with two attached hydrogens (primary N) is 1. The number of Topliss-reactive ketones (excluding diaryl/α,β-unsaturated/α-hetero) is 1. The number of carbonyl (C=O) groups is 1. The third kappa shape index (κ3) is 3.78. The normalized spacial score (nSPS) is 16.0. The molecule has 0 bridgehead atoms. The van der Waals surface area contributed by atoms with Crippen LogP contribution in [0.25, 0.3) is 11.0 Å². The Hall–Kier alpha value is -3.84. The Morgan fingerprint density at radius 2 is 2.03 bits per heavy atom. The van der Waals surface area contributed by atoms with Crippen LogP contribution in [0.1, 0.15) is 35.7 Å². The zero-order valence-electron chi connectivity index (χ0n) is 19.6. The molecule has 1 fully saturated rings. The van der Waals surface area contributed by atoms with Crippen molar-refractivity contribution in [1.82, 2.24) is 13.7 Å². The molecular weight excluding hydrogens is 436 g/mol. The van der Waals surface area contributed by atoms with Crippen molar-refractivity contribution in [2.45, 2.75) is 38.9 Å². The van der Waals surface area contributed by atoms with Gasteiger partial charge in [-0.15, -0.1) is 0 Å². The van der Waals surface area contributed by atoms with Crippen LogP contribution in [-0.4, -0.2) is 45.7 Å². The van der Waals surface area contributed by atoms with Gasteiger partial charge in [-0.1, -0.05) is 12.1 Å². The van der Waals surface area contributed by atoms with E-state index in [0.29, 0.717) is 36.8 Å². The van der Waals surface area contributed by atoms with Crippen molar-refractivity contribution >= 4 is 22.6 Å². The maximum Gasteiger partial charge on any atom is 0.331 e. The summed E-state index contributed by atoms with van der Waals surface area (Å²) in [4.78, 5) is 41.8. The van der Waals surface area contributed by atoms with Gasteiger partial charge in [0.1, 0.15) is 28.7 Å². The fourth-order valence-electron chi connectivity index (χ4n) is 4.74. The Labute approximate surface area is 196 Å². The predicted molar refractivity (Wildman–Crippen MR) is 129 cm³/mol. The third-order valence-electron chi connectivity index (χ3n) is 6.39. The van der Waals surface area contributed by atoms with E-state index in [-0.39, 0.29) is 22.6 Å². The van der Waals surface area contributed by atoms with Crippen molar-refractivity contribution in [1.29, 1.82) is 5.26 Å². The second-order valence-electron chi connectivity index (χ2n) is 8.49. The Kier molecular flexibility index (Phi) is 6.30. The molecule has 1 aliphatic heterocycles. The molecule has 0 amide bonds. The van der Waals surface area contributed by atoms with E-state index in [1.807, 2.05) is 11.8 Å². The molecule has 1 aromatic carbocycles. The highest BCUT2D eigenvalue weighted by Crippen LogP contribution is 2.31. The smallest absolute Gasteiger partial charge is 0.331 e. The van der Waals surface area contributed by atoms with E-state index in [9.17, 15) is 19.6 Å². The molecule has 1 saturated heterocycles. The summed E-state index contributed by atoms with van der Waals surface area (Å²) in [5, 5.41) is 10.0. The number of carbonyl (C=O) groups excluding carboxylic acids is 1. The number of hydrogen-bond acceptors (Lipinski definition) is 7. The van der Waals surface area contributed by atoms with Crippen molar-refractivity contribution in [3.05, 3.63) is 56.2 Å². The van der Waals surface area contributed by atoms with Gasteiger partial charge >= 0.3 is 5.69 Å². The van der Waals surface area contributed by atoms with Crippen LogP contribution in [-0.2, 0) is 20.1 Å². The molecule has 1 aliphatic rings. The zero-order chi connectivity index (χ0) is 24.6. The number of piperidine rings is 1. The van der Waals surface area contributed by atoms with E-state index < -0.39 is 23.6 Å². The van der Waals surface area contributed by atoms with E-state index in [2.05, 4.69) is 6.07 Å². The lowest BCUT2D eigenvalue weighted by molar-refractivity contribution is 0.0968. The molecule has 0 saturated carbocycles. The number of ether oxygens (including phenoxy) is 1. The van der Waals surface area contributed by atoms with Crippen molar-refractivity contribution in [2.75, 3.05) is 25.1 Å². The Morgan fingerprint density at radius 1 is 1.26 bits per heavy atom. The van der Waals surface area contributed by atoms with Crippen LogP contribution >= 0.6 is 0 Å². The number of aromatic nitrogens is 3. The molecular formula is C24H28N6O4. The van der Waals surface area contributed by atoms with Gasteiger partial charge in [0.2, 0.25) is 0 Å². The van der Waals surface area contributed by atoms with Crippen LogP contribution < -0.4 is 26.6 Å². The van der Waals surface area contributed by atoms with Gasteiger partial charge in [-0.3, -0.25) is 18.7 Å². The van der Waals surface area contributed by atoms with Crippen LogP contribution in [0.15, 0.2) is 33.9 Å². The zero-order valence-corrected chi connectivity index (χ0v) is 19.6. The number of fused-ring (bicyclic) bond motifs is 1. The summed E-state index contributed by atoms with van der Waals surface area (Å²) < 4.78 is 9.15. The molecule has 0 aliphatic carbocycles. The van der Waals surface area contributed by atoms with Gasteiger partial charge in [-0.25, -0.2) is 4.79 Å². The van der Waals surface area contributed by atoms with E-state index in [4.69, 9.17) is 10.5 Å². The first-order valence-corrected chi connectivity index (χ1v) is 11.3. The Balaban J connectivity index is 1.91. The molecule has 178 valence electrons. The van der Waals surface area contributed by atoms with E-state index in [1.54, 1.807) is 28.8 Å². The highest BCUT2D eigenvalue weighted by molar-refractivity contribution is 5.96. The lowest BCUT2D eigenvalue weighted by Crippen LogP contribution is -2.44. The minimum Gasteiger partial charge on any atom is -0.497 e. The molecule has 0 unspecified atom stereocenters. The number of anilines is 1. The Morgan fingerprint density at radius 3 is 2.68 bits per heavy atom. The molecule has 34 heavy (non-hydrogen) atoms. The van der Waals surface area contributed by atoms with Crippen LogP contribution in [0.5, 0.6) is 5.75 Å². The first-order valence-electron chi connectivity index (χ1n) is 11.3. The summed E-state index contributed by atoms with van der Waals surface area (Å²) in [5.74, 6) is 0.707. The number of rotatable bonds is 6. The lowest BCUT2D eigenvalue weighted by Gasteiger charge is -2.33. The summed E-state index contributed by atoms with van der Waals surface area (Å²) >= 11 is 0. The molecule has 10 nitrogen and oxygen atoms in total. The largest absolute Gasteiger partial charge is 0.497 e. The lowest BCUT2D eigenvalue weighted by atomic mass is 10.1. The molecule has 3 heterocycles. The molecule has 4 rings (SSSR count). The van der Waals surface area contributed by atoms with Crippen LogP contribution in [0.4, 0.5) is 5.82 Å². The van der Waals surface area contributed by atoms with Gasteiger partial charge in [0.05, 0.1) is 19.2 Å². The molecule has 0 radical (unpaired) electrons. The monoisotopic (exact) mass is 464 g/mol. The number of nitriles is 1. The van der Waals surface area contributed by atoms with Gasteiger partial charge in [-0.2, -0.15) is 5.26 Å². The van der Waals surface area contributed by atoms with Crippen molar-refractivity contribution < 1.29 is 9.53 Å². The second-order valence-corrected chi connectivity index (χ2v) is 8.49. The first kappa shape index (κ1) is 23.3. The highest BCUT2D eigenvalue weighted by atomic mass is 16.5. The number of aryl methyl sites for hydroxylation is 2. The molecule has 2 aromatic heterocycles. The number of ketones is 1. The standard InChI is InChI=1S/C24H28N6O4/c1-4-29-21-20(18(12-25)22(29)28-10-6-8-16(26)13-28)27(2)24(33)30(23(21)32)14-19(31)15-7-5-9-17(11-15)34-3/h5,7,9,11,16H,4,6,8,10,13-14,26H2,1-3H3/t16-/m0/s1. The molecule has 10 heteroatoms. The maximum atomic E-state index is 13.6. The summed E-state index contributed by atoms with van der Waals surface area (Å²) in [6, 6.07) is 8.73.